The zero-order chi connectivity index (χ0) is 18.0. The normalized spacial score (nSPS) is 19.0. The number of amides is 2. The Morgan fingerprint density at radius 2 is 1.76 bits per heavy atom. The van der Waals surface area contributed by atoms with E-state index in [1.54, 1.807) is 6.92 Å². The molecule has 0 radical (unpaired) electrons. The van der Waals surface area contributed by atoms with Crippen LogP contribution < -0.4 is 9.62 Å². The second kappa shape index (κ2) is 6.68. The largest absolute Gasteiger partial charge is 0.348 e. The van der Waals surface area contributed by atoms with Crippen LogP contribution in [-0.2, 0) is 21.4 Å². The van der Waals surface area contributed by atoms with E-state index in [0.717, 1.165) is 9.87 Å². The third-order valence-corrected chi connectivity index (χ3v) is 5.89. The van der Waals surface area contributed by atoms with Crippen LogP contribution in [-0.4, -0.2) is 26.0 Å². The molecule has 1 N–H and O–H groups in total. The van der Waals surface area contributed by atoms with E-state index >= 15 is 0 Å². The summed E-state index contributed by atoms with van der Waals surface area (Å²) >= 11 is 0. The first-order chi connectivity index (χ1) is 11.9. The topological polar surface area (TPSA) is 83.6 Å². The third kappa shape index (κ3) is 3.56. The van der Waals surface area contributed by atoms with E-state index in [9.17, 15) is 18.0 Å². The molecule has 1 fully saturated rings. The molecule has 0 aromatic heterocycles. The molecular formula is C18H18N2O4S. The van der Waals surface area contributed by atoms with Crippen molar-refractivity contribution in [3.05, 3.63) is 65.7 Å². The standard InChI is InChI=1S/C18H18N2O4S/c1-13-12-25(23,24)20(18(13)22)16-9-7-15(8-10-16)17(21)19-11-14-5-3-2-4-6-14/h2-10,13H,11-12H2,1H3,(H,19,21). The van der Waals surface area contributed by atoms with Gasteiger partial charge in [0.05, 0.1) is 17.4 Å². The fourth-order valence-corrected chi connectivity index (χ4v) is 4.54. The lowest BCUT2D eigenvalue weighted by atomic mass is 10.1. The Bertz CT molecular complexity index is 892. The van der Waals surface area contributed by atoms with Crippen molar-refractivity contribution in [2.45, 2.75) is 13.5 Å². The third-order valence-electron chi connectivity index (χ3n) is 4.02. The molecule has 0 bridgehead atoms. The summed E-state index contributed by atoms with van der Waals surface area (Å²) in [5.74, 6) is -1.45. The average molecular weight is 358 g/mol. The molecule has 25 heavy (non-hydrogen) atoms. The predicted molar refractivity (Wildman–Crippen MR) is 94.5 cm³/mol. The summed E-state index contributed by atoms with van der Waals surface area (Å²) in [5.41, 5.74) is 1.64. The number of hydrogen-bond acceptors (Lipinski definition) is 4. The van der Waals surface area contributed by atoms with Crippen LogP contribution in [0.5, 0.6) is 0 Å². The Morgan fingerprint density at radius 3 is 2.32 bits per heavy atom. The van der Waals surface area contributed by atoms with Gasteiger partial charge in [0.2, 0.25) is 15.9 Å². The first-order valence-electron chi connectivity index (χ1n) is 7.87. The van der Waals surface area contributed by atoms with Crippen LogP contribution in [0.2, 0.25) is 0 Å². The molecule has 1 unspecified atom stereocenters. The molecular weight excluding hydrogens is 340 g/mol. The lowest BCUT2D eigenvalue weighted by molar-refractivity contribution is -0.119. The van der Waals surface area contributed by atoms with E-state index in [0.29, 0.717) is 12.1 Å². The van der Waals surface area contributed by atoms with Gasteiger partial charge in [0.25, 0.3) is 5.91 Å². The number of carbonyl (C=O) groups is 2. The van der Waals surface area contributed by atoms with Crippen LogP contribution in [0.15, 0.2) is 54.6 Å². The SMILES string of the molecule is CC1CS(=O)(=O)N(c2ccc(C(=O)NCc3ccccc3)cc2)C1=O. The summed E-state index contributed by atoms with van der Waals surface area (Å²) in [6.45, 7) is 1.99. The van der Waals surface area contributed by atoms with Crippen LogP contribution in [0, 0.1) is 5.92 Å². The van der Waals surface area contributed by atoms with Gasteiger partial charge in [0, 0.05) is 12.1 Å². The lowest BCUT2D eigenvalue weighted by Gasteiger charge is -2.15. The number of nitrogens with one attached hydrogen (secondary N) is 1. The van der Waals surface area contributed by atoms with Gasteiger partial charge in [-0.05, 0) is 29.8 Å². The maximum atomic E-state index is 12.2. The average Bonchev–Trinajstić information content (AvgIpc) is 2.81. The van der Waals surface area contributed by atoms with Gasteiger partial charge in [-0.1, -0.05) is 37.3 Å². The number of sulfonamides is 1. The highest BCUT2D eigenvalue weighted by atomic mass is 32.2. The summed E-state index contributed by atoms with van der Waals surface area (Å²) in [7, 11) is -3.63. The number of benzene rings is 2. The second-order valence-corrected chi connectivity index (χ2v) is 7.86. The minimum atomic E-state index is -3.63. The molecule has 130 valence electrons. The molecule has 2 aromatic rings. The molecule has 0 saturated carbocycles. The Labute approximate surface area is 146 Å². The molecule has 2 aromatic carbocycles. The van der Waals surface area contributed by atoms with Gasteiger partial charge < -0.3 is 5.32 Å². The van der Waals surface area contributed by atoms with Crippen LogP contribution in [0.1, 0.15) is 22.8 Å². The molecule has 2 amide bonds. The van der Waals surface area contributed by atoms with Crippen molar-refractivity contribution < 1.29 is 18.0 Å². The summed E-state index contributed by atoms with van der Waals surface area (Å²) in [6.07, 6.45) is 0. The molecule has 3 rings (SSSR count). The zero-order valence-electron chi connectivity index (χ0n) is 13.7. The zero-order valence-corrected chi connectivity index (χ0v) is 14.5. The van der Waals surface area contributed by atoms with Gasteiger partial charge in [-0.2, -0.15) is 0 Å². The van der Waals surface area contributed by atoms with Crippen molar-refractivity contribution in [2.75, 3.05) is 10.1 Å². The Hall–Kier alpha value is -2.67. The van der Waals surface area contributed by atoms with Crippen LogP contribution in [0.4, 0.5) is 5.69 Å². The van der Waals surface area contributed by atoms with Gasteiger partial charge in [-0.25, -0.2) is 12.7 Å². The van der Waals surface area contributed by atoms with E-state index in [1.807, 2.05) is 30.3 Å². The minimum Gasteiger partial charge on any atom is -0.348 e. The highest BCUT2D eigenvalue weighted by molar-refractivity contribution is 7.94. The van der Waals surface area contributed by atoms with Gasteiger partial charge in [0.15, 0.2) is 0 Å². The maximum absolute atomic E-state index is 12.2. The van der Waals surface area contributed by atoms with Crippen LogP contribution in [0.25, 0.3) is 0 Å². The van der Waals surface area contributed by atoms with Gasteiger partial charge in [-0.15, -0.1) is 0 Å². The van der Waals surface area contributed by atoms with E-state index in [4.69, 9.17) is 0 Å². The first-order valence-corrected chi connectivity index (χ1v) is 9.48. The molecule has 1 atom stereocenters. The lowest BCUT2D eigenvalue weighted by Crippen LogP contribution is -2.30. The quantitative estimate of drug-likeness (QED) is 0.905. The number of anilines is 1. The first kappa shape index (κ1) is 17.2. The molecule has 0 aliphatic carbocycles. The van der Waals surface area contributed by atoms with Crippen molar-refractivity contribution in [1.82, 2.24) is 5.32 Å². The Morgan fingerprint density at radius 1 is 1.12 bits per heavy atom. The van der Waals surface area contributed by atoms with Gasteiger partial charge in [-0.3, -0.25) is 9.59 Å². The molecule has 1 aliphatic heterocycles. The summed E-state index contributed by atoms with van der Waals surface area (Å²) < 4.78 is 25.0. The summed E-state index contributed by atoms with van der Waals surface area (Å²) in [5, 5.41) is 2.80. The van der Waals surface area contributed by atoms with Crippen LogP contribution >= 0.6 is 0 Å². The summed E-state index contributed by atoms with van der Waals surface area (Å²) in [6, 6.07) is 15.5. The van der Waals surface area contributed by atoms with Crippen molar-refractivity contribution in [3.8, 4) is 0 Å². The molecule has 1 heterocycles. The smallest absolute Gasteiger partial charge is 0.251 e. The van der Waals surface area contributed by atoms with Crippen molar-refractivity contribution in [2.24, 2.45) is 5.92 Å². The van der Waals surface area contributed by atoms with E-state index in [2.05, 4.69) is 5.32 Å². The highest BCUT2D eigenvalue weighted by Crippen LogP contribution is 2.28. The molecule has 1 aliphatic rings. The monoisotopic (exact) mass is 358 g/mol. The Balaban J connectivity index is 1.72. The molecule has 7 heteroatoms. The second-order valence-electron chi connectivity index (χ2n) is 6.00. The van der Waals surface area contributed by atoms with E-state index < -0.39 is 21.8 Å². The summed E-state index contributed by atoms with van der Waals surface area (Å²) in [4.78, 5) is 24.3. The fraction of sp³-hybridized carbons (Fsp3) is 0.222. The maximum Gasteiger partial charge on any atom is 0.251 e. The molecule has 0 spiro atoms. The van der Waals surface area contributed by atoms with Crippen LogP contribution in [0.3, 0.4) is 0 Å². The predicted octanol–water partition coefficient (Wildman–Crippen LogP) is 1.93. The number of rotatable bonds is 4. The fourth-order valence-electron chi connectivity index (χ4n) is 2.72. The van der Waals surface area contributed by atoms with Crippen molar-refractivity contribution in [3.63, 3.8) is 0 Å². The number of carbonyl (C=O) groups excluding carboxylic acids is 2. The molecule has 6 nitrogen and oxygen atoms in total. The van der Waals surface area contributed by atoms with Gasteiger partial charge in [0.1, 0.15) is 0 Å². The Kier molecular flexibility index (Phi) is 4.59. The van der Waals surface area contributed by atoms with Crippen molar-refractivity contribution >= 4 is 27.5 Å². The van der Waals surface area contributed by atoms with Crippen molar-refractivity contribution in [1.29, 1.82) is 0 Å². The number of hydrogen-bond donors (Lipinski definition) is 1. The highest BCUT2D eigenvalue weighted by Gasteiger charge is 2.41. The van der Waals surface area contributed by atoms with E-state index in [-0.39, 0.29) is 17.3 Å². The minimum absolute atomic E-state index is 0.189. The van der Waals surface area contributed by atoms with E-state index in [1.165, 1.54) is 24.3 Å². The van der Waals surface area contributed by atoms with Gasteiger partial charge >= 0.3 is 0 Å². The number of nitrogens with zero attached hydrogens (tertiary/aromatic N) is 1. The molecule has 1 saturated heterocycles.